The molecule has 0 spiro atoms. The second kappa shape index (κ2) is 9.75. The lowest BCUT2D eigenvalue weighted by Crippen LogP contribution is -2.16. The smallest absolute Gasteiger partial charge is 0.234 e. The van der Waals surface area contributed by atoms with Crippen LogP contribution in [0.4, 0.5) is 5.88 Å². The Morgan fingerprint density at radius 2 is 1.83 bits per heavy atom. The van der Waals surface area contributed by atoms with Crippen LogP contribution in [0, 0.1) is 0 Å². The largest absolute Gasteiger partial charge is 0.494 e. The van der Waals surface area contributed by atoms with Gasteiger partial charge in [0.25, 0.3) is 0 Å². The van der Waals surface area contributed by atoms with Gasteiger partial charge in [-0.1, -0.05) is 6.92 Å². The number of nitrogens with zero attached hydrogens (tertiary/aromatic N) is 1. The van der Waals surface area contributed by atoms with Crippen LogP contribution >= 0.6 is 0 Å². The maximum absolute atomic E-state index is 13.6. The fourth-order valence-electron chi connectivity index (χ4n) is 3.52. The molecule has 3 heterocycles. The first-order valence-electron chi connectivity index (χ1n) is 11.2. The number of rotatable bonds is 9. The Hall–Kier alpha value is -3.92. The second-order valence-electron chi connectivity index (χ2n) is 7.77. The molecule has 1 N–H and O–H groups in total. The molecular formula is C25H24N2O7S. The van der Waals surface area contributed by atoms with E-state index in [-0.39, 0.29) is 28.2 Å². The number of sulfone groups is 1. The van der Waals surface area contributed by atoms with E-state index in [0.29, 0.717) is 48.4 Å². The van der Waals surface area contributed by atoms with Gasteiger partial charge in [0.15, 0.2) is 11.5 Å². The molecule has 10 heteroatoms. The quantitative estimate of drug-likeness (QED) is 0.344. The van der Waals surface area contributed by atoms with Crippen molar-refractivity contribution in [2.24, 2.45) is 0 Å². The molecule has 1 aliphatic heterocycles. The minimum Gasteiger partial charge on any atom is -0.494 e. The van der Waals surface area contributed by atoms with E-state index in [4.69, 9.17) is 23.0 Å². The molecule has 0 saturated heterocycles. The summed E-state index contributed by atoms with van der Waals surface area (Å²) >= 11 is 0. The van der Waals surface area contributed by atoms with E-state index in [1.807, 2.05) is 6.92 Å². The fourth-order valence-corrected chi connectivity index (χ4v) is 4.81. The minimum absolute atomic E-state index is 0.0117. The number of fused-ring (bicyclic) bond motifs is 1. The molecule has 2 aromatic heterocycles. The molecule has 0 unspecified atom stereocenters. The molecule has 0 saturated carbocycles. The summed E-state index contributed by atoms with van der Waals surface area (Å²) in [7, 11) is -4.06. The monoisotopic (exact) mass is 496 g/mol. The molecule has 1 aliphatic rings. The zero-order valence-electron chi connectivity index (χ0n) is 19.0. The van der Waals surface area contributed by atoms with Crippen molar-refractivity contribution in [3.8, 4) is 28.7 Å². The number of anilines is 1. The van der Waals surface area contributed by atoms with E-state index >= 15 is 0 Å². The third-order valence-electron chi connectivity index (χ3n) is 5.25. The number of nitrogens with one attached hydrogen (secondary N) is 1. The first kappa shape index (κ1) is 22.9. The van der Waals surface area contributed by atoms with Crippen LogP contribution in [0.1, 0.15) is 19.1 Å². The highest BCUT2D eigenvalue weighted by atomic mass is 32.2. The van der Waals surface area contributed by atoms with Gasteiger partial charge in [-0.05, 0) is 55.0 Å². The van der Waals surface area contributed by atoms with Gasteiger partial charge in [0.2, 0.25) is 26.6 Å². The molecule has 0 bridgehead atoms. The highest BCUT2D eigenvalue weighted by Crippen LogP contribution is 2.37. The molecule has 4 aromatic rings. The summed E-state index contributed by atoms with van der Waals surface area (Å²) in [5.41, 5.74) is 0.610. The van der Waals surface area contributed by atoms with Crippen LogP contribution < -0.4 is 19.5 Å². The van der Waals surface area contributed by atoms with Crippen LogP contribution in [0.15, 0.2) is 79.6 Å². The van der Waals surface area contributed by atoms with Crippen LogP contribution in [0.3, 0.4) is 0 Å². The first-order chi connectivity index (χ1) is 17.0. The number of oxazole rings is 1. The van der Waals surface area contributed by atoms with Crippen molar-refractivity contribution in [2.75, 3.05) is 25.1 Å². The van der Waals surface area contributed by atoms with E-state index in [2.05, 4.69) is 10.3 Å². The predicted molar refractivity (Wildman–Crippen MR) is 127 cm³/mol. The molecule has 2 aromatic carbocycles. The standard InChI is InChI=1S/C25H24N2O7S/c1-2-11-30-18-7-5-17(6-8-18)23-27-25(24(34-23)26-16-19-4-3-12-31-19)35(28,29)20-9-10-21-22(15-20)33-14-13-32-21/h3-10,12,15,26H,2,11,13-14,16H2,1H3. The van der Waals surface area contributed by atoms with Gasteiger partial charge in [0.05, 0.1) is 24.3 Å². The summed E-state index contributed by atoms with van der Waals surface area (Å²) in [5.74, 6) is 2.36. The van der Waals surface area contributed by atoms with Crippen LogP contribution in [0.25, 0.3) is 11.5 Å². The Balaban J connectivity index is 1.51. The average molecular weight is 497 g/mol. The molecular weight excluding hydrogens is 472 g/mol. The molecule has 0 radical (unpaired) electrons. The van der Waals surface area contributed by atoms with E-state index in [9.17, 15) is 8.42 Å². The maximum Gasteiger partial charge on any atom is 0.234 e. The lowest BCUT2D eigenvalue weighted by molar-refractivity contribution is 0.171. The number of ether oxygens (including phenoxy) is 3. The number of furan rings is 1. The summed E-state index contributed by atoms with van der Waals surface area (Å²) < 4.78 is 55.2. The van der Waals surface area contributed by atoms with Crippen LogP contribution in [-0.4, -0.2) is 33.2 Å². The fraction of sp³-hybridized carbons (Fsp3) is 0.240. The number of hydrogen-bond acceptors (Lipinski definition) is 9. The Labute approximate surface area is 202 Å². The Kier molecular flexibility index (Phi) is 6.37. The van der Waals surface area contributed by atoms with E-state index in [1.165, 1.54) is 18.4 Å². The normalized spacial score (nSPS) is 12.9. The molecule has 9 nitrogen and oxygen atoms in total. The third-order valence-corrected chi connectivity index (χ3v) is 6.91. The molecule has 182 valence electrons. The van der Waals surface area contributed by atoms with Gasteiger partial charge in [-0.15, -0.1) is 0 Å². The van der Waals surface area contributed by atoms with E-state index in [1.54, 1.807) is 42.5 Å². The van der Waals surface area contributed by atoms with Crippen molar-refractivity contribution in [2.45, 2.75) is 29.8 Å². The first-order valence-corrected chi connectivity index (χ1v) is 12.7. The number of hydrogen-bond donors (Lipinski definition) is 1. The summed E-state index contributed by atoms with van der Waals surface area (Å²) in [5, 5.41) is 2.77. The van der Waals surface area contributed by atoms with Crippen molar-refractivity contribution in [1.82, 2.24) is 4.98 Å². The molecule has 0 fully saturated rings. The average Bonchev–Trinajstić information content (AvgIpc) is 3.57. The van der Waals surface area contributed by atoms with Gasteiger partial charge in [-0.25, -0.2) is 8.42 Å². The van der Waals surface area contributed by atoms with Gasteiger partial charge in [-0.2, -0.15) is 4.98 Å². The van der Waals surface area contributed by atoms with Gasteiger partial charge in [-0.3, -0.25) is 0 Å². The zero-order chi connectivity index (χ0) is 24.3. The predicted octanol–water partition coefficient (Wildman–Crippen LogP) is 4.94. The van der Waals surface area contributed by atoms with Crippen LogP contribution in [0.2, 0.25) is 0 Å². The lowest BCUT2D eigenvalue weighted by Gasteiger charge is -2.18. The van der Waals surface area contributed by atoms with Crippen molar-refractivity contribution in [3.63, 3.8) is 0 Å². The number of aromatic nitrogens is 1. The van der Waals surface area contributed by atoms with E-state index in [0.717, 1.165) is 6.42 Å². The SMILES string of the molecule is CCCOc1ccc(-c2nc(S(=O)(=O)c3ccc4c(c3)OCCO4)c(NCc3ccco3)o2)cc1. The summed E-state index contributed by atoms with van der Waals surface area (Å²) in [6.45, 7) is 3.61. The second-order valence-corrected chi connectivity index (χ2v) is 9.63. The molecule has 35 heavy (non-hydrogen) atoms. The summed E-state index contributed by atoms with van der Waals surface area (Å²) in [6, 6.07) is 15.1. The van der Waals surface area contributed by atoms with Gasteiger partial charge in [0.1, 0.15) is 24.7 Å². The summed E-state index contributed by atoms with van der Waals surface area (Å²) in [6.07, 6.45) is 2.44. The van der Waals surface area contributed by atoms with Crippen molar-refractivity contribution >= 4 is 15.7 Å². The van der Waals surface area contributed by atoms with Crippen LogP contribution in [0.5, 0.6) is 17.2 Å². The maximum atomic E-state index is 13.6. The minimum atomic E-state index is -4.06. The molecule has 5 rings (SSSR count). The van der Waals surface area contributed by atoms with E-state index < -0.39 is 9.84 Å². The van der Waals surface area contributed by atoms with Gasteiger partial charge >= 0.3 is 0 Å². The molecule has 0 amide bonds. The highest BCUT2D eigenvalue weighted by molar-refractivity contribution is 7.91. The zero-order valence-corrected chi connectivity index (χ0v) is 19.8. The van der Waals surface area contributed by atoms with Crippen LogP contribution in [-0.2, 0) is 16.4 Å². The van der Waals surface area contributed by atoms with Gasteiger partial charge in [0, 0.05) is 11.6 Å². The molecule has 0 aliphatic carbocycles. The number of benzene rings is 2. The highest BCUT2D eigenvalue weighted by Gasteiger charge is 2.30. The Bertz CT molecular complexity index is 1390. The Morgan fingerprint density at radius 1 is 1.03 bits per heavy atom. The summed E-state index contributed by atoms with van der Waals surface area (Å²) in [4.78, 5) is 4.39. The Morgan fingerprint density at radius 3 is 2.57 bits per heavy atom. The lowest BCUT2D eigenvalue weighted by atomic mass is 10.2. The van der Waals surface area contributed by atoms with Gasteiger partial charge < -0.3 is 28.4 Å². The van der Waals surface area contributed by atoms with Crippen molar-refractivity contribution < 1.29 is 31.5 Å². The third kappa shape index (κ3) is 4.83. The molecule has 0 atom stereocenters. The van der Waals surface area contributed by atoms with Crippen molar-refractivity contribution in [3.05, 3.63) is 66.6 Å². The van der Waals surface area contributed by atoms with Crippen molar-refractivity contribution in [1.29, 1.82) is 0 Å². The topological polar surface area (TPSA) is 113 Å².